The number of morpholine rings is 1. The predicted molar refractivity (Wildman–Crippen MR) is 101 cm³/mol. The van der Waals surface area contributed by atoms with Crippen molar-refractivity contribution in [3.8, 4) is 0 Å². The van der Waals surface area contributed by atoms with E-state index in [1.54, 1.807) is 25.1 Å². The van der Waals surface area contributed by atoms with Crippen LogP contribution < -0.4 is 10.6 Å². The number of benzene rings is 1. The largest absolute Gasteiger partial charge is 0.480 e. The molecule has 0 saturated carbocycles. The number of hydrogen-bond donors (Lipinski definition) is 3. The molecule has 0 aromatic heterocycles. The zero-order chi connectivity index (χ0) is 18.9. The van der Waals surface area contributed by atoms with E-state index in [9.17, 15) is 14.7 Å². The smallest absolute Gasteiger partial charge is 0.321 e. The molecule has 1 aromatic carbocycles. The van der Waals surface area contributed by atoms with Crippen LogP contribution in [0, 0.1) is 6.92 Å². The normalized spacial score (nSPS) is 16.2. The second-order valence-electron chi connectivity index (χ2n) is 6.32. The Morgan fingerprint density at radius 2 is 2.08 bits per heavy atom. The Balaban J connectivity index is 1.76. The maximum absolute atomic E-state index is 12.2. The molecule has 1 saturated heterocycles. The summed E-state index contributed by atoms with van der Waals surface area (Å²) < 4.78 is 5.30. The first-order valence-electron chi connectivity index (χ1n) is 8.78. The minimum atomic E-state index is -1.03. The zero-order valence-electron chi connectivity index (χ0n) is 15.0. The van der Waals surface area contributed by atoms with Gasteiger partial charge in [-0.15, -0.1) is 0 Å². The molecule has 0 bridgehead atoms. The third kappa shape index (κ3) is 6.57. The van der Waals surface area contributed by atoms with E-state index in [1.807, 2.05) is 0 Å². The number of carbonyl (C=O) groups is 2. The molecule has 2 rings (SSSR count). The van der Waals surface area contributed by atoms with Gasteiger partial charge in [-0.25, -0.2) is 0 Å². The maximum Gasteiger partial charge on any atom is 0.321 e. The summed E-state index contributed by atoms with van der Waals surface area (Å²) in [4.78, 5) is 25.9. The molecular formula is C18H26ClN3O4. The monoisotopic (exact) mass is 383 g/mol. The maximum atomic E-state index is 12.2. The van der Waals surface area contributed by atoms with E-state index in [0.29, 0.717) is 17.3 Å². The van der Waals surface area contributed by atoms with Crippen molar-refractivity contribution in [2.24, 2.45) is 0 Å². The summed E-state index contributed by atoms with van der Waals surface area (Å²) in [6.45, 7) is 6.53. The number of aliphatic carboxylic acids is 1. The number of halogens is 1. The minimum absolute atomic E-state index is 0.140. The van der Waals surface area contributed by atoms with Gasteiger partial charge in [-0.3, -0.25) is 14.5 Å². The second-order valence-corrected chi connectivity index (χ2v) is 6.72. The molecule has 0 aliphatic carbocycles. The lowest BCUT2D eigenvalue weighted by molar-refractivity contribution is -0.141. The minimum Gasteiger partial charge on any atom is -0.480 e. The zero-order valence-corrected chi connectivity index (χ0v) is 15.7. The first kappa shape index (κ1) is 20.6. The average Bonchev–Trinajstić information content (AvgIpc) is 2.62. The number of amides is 1. The van der Waals surface area contributed by atoms with Crippen LogP contribution in [0.1, 0.15) is 18.4 Å². The Kier molecular flexibility index (Phi) is 8.31. The molecule has 26 heavy (non-hydrogen) atoms. The molecule has 1 unspecified atom stereocenters. The van der Waals surface area contributed by atoms with Gasteiger partial charge < -0.3 is 20.5 Å². The van der Waals surface area contributed by atoms with Crippen LogP contribution in [-0.4, -0.2) is 67.3 Å². The first-order valence-corrected chi connectivity index (χ1v) is 9.16. The summed E-state index contributed by atoms with van der Waals surface area (Å²) in [5.41, 5.74) is 1.35. The molecule has 1 amide bonds. The van der Waals surface area contributed by atoms with E-state index in [-0.39, 0.29) is 12.3 Å². The van der Waals surface area contributed by atoms with E-state index < -0.39 is 12.0 Å². The number of nitrogens with zero attached hydrogens (tertiary/aromatic N) is 1. The van der Waals surface area contributed by atoms with Crippen molar-refractivity contribution in [1.29, 1.82) is 0 Å². The summed E-state index contributed by atoms with van der Waals surface area (Å²) in [6.07, 6.45) is 0.678. The van der Waals surface area contributed by atoms with Crippen LogP contribution >= 0.6 is 11.6 Å². The van der Waals surface area contributed by atoms with Crippen LogP contribution in [0.4, 0.5) is 5.69 Å². The molecule has 7 nitrogen and oxygen atoms in total. The Hall–Kier alpha value is -1.67. The van der Waals surface area contributed by atoms with Crippen molar-refractivity contribution in [1.82, 2.24) is 10.2 Å². The standard InChI is InChI=1S/C18H26ClN3O4/c1-13-14(19)4-2-5-15(13)21-17(23)12-16(18(24)25)20-6-3-7-22-8-10-26-11-9-22/h2,4-5,16,20H,3,6-12H2,1H3,(H,21,23)(H,24,25). The molecule has 3 N–H and O–H groups in total. The molecule has 1 heterocycles. The number of hydrogen-bond acceptors (Lipinski definition) is 5. The Morgan fingerprint density at radius 1 is 1.35 bits per heavy atom. The fraction of sp³-hybridized carbons (Fsp3) is 0.556. The fourth-order valence-corrected chi connectivity index (χ4v) is 2.95. The summed E-state index contributed by atoms with van der Waals surface area (Å²) in [5.74, 6) is -1.39. The van der Waals surface area contributed by atoms with Crippen molar-refractivity contribution in [2.45, 2.75) is 25.8 Å². The third-order valence-electron chi connectivity index (χ3n) is 4.37. The molecule has 0 radical (unpaired) electrons. The Morgan fingerprint density at radius 3 is 2.77 bits per heavy atom. The molecule has 1 aliphatic heterocycles. The molecule has 1 aromatic rings. The Labute approximate surface area is 158 Å². The van der Waals surface area contributed by atoms with Gasteiger partial charge in [0.2, 0.25) is 5.91 Å². The number of carboxylic acid groups (broad SMARTS) is 1. The van der Waals surface area contributed by atoms with Crippen LogP contribution in [0.3, 0.4) is 0 Å². The number of ether oxygens (including phenoxy) is 1. The highest BCUT2D eigenvalue weighted by atomic mass is 35.5. The molecule has 0 spiro atoms. The van der Waals surface area contributed by atoms with Crippen molar-refractivity contribution in [2.75, 3.05) is 44.7 Å². The lowest BCUT2D eigenvalue weighted by atomic mass is 10.1. The summed E-state index contributed by atoms with van der Waals surface area (Å²) in [6, 6.07) is 4.30. The lowest BCUT2D eigenvalue weighted by Crippen LogP contribution is -2.42. The molecule has 1 aliphatic rings. The van der Waals surface area contributed by atoms with E-state index in [2.05, 4.69) is 15.5 Å². The van der Waals surface area contributed by atoms with Gasteiger partial charge in [-0.1, -0.05) is 17.7 Å². The highest BCUT2D eigenvalue weighted by Gasteiger charge is 2.21. The van der Waals surface area contributed by atoms with Crippen LogP contribution in [-0.2, 0) is 14.3 Å². The topological polar surface area (TPSA) is 90.9 Å². The third-order valence-corrected chi connectivity index (χ3v) is 4.78. The number of carbonyl (C=O) groups excluding carboxylic acids is 1. The highest BCUT2D eigenvalue weighted by Crippen LogP contribution is 2.23. The fourth-order valence-electron chi connectivity index (χ4n) is 2.78. The van der Waals surface area contributed by atoms with Gasteiger partial charge in [0.15, 0.2) is 0 Å². The number of rotatable bonds is 9. The highest BCUT2D eigenvalue weighted by molar-refractivity contribution is 6.31. The Bertz CT molecular complexity index is 620. The summed E-state index contributed by atoms with van der Waals surface area (Å²) in [7, 11) is 0. The molecule has 1 atom stereocenters. The van der Waals surface area contributed by atoms with Crippen LogP contribution in [0.25, 0.3) is 0 Å². The summed E-state index contributed by atoms with van der Waals surface area (Å²) >= 11 is 6.03. The van der Waals surface area contributed by atoms with E-state index in [0.717, 1.165) is 44.8 Å². The van der Waals surface area contributed by atoms with Crippen molar-refractivity contribution >= 4 is 29.2 Å². The van der Waals surface area contributed by atoms with Gasteiger partial charge in [-0.05, 0) is 44.1 Å². The molecule has 144 valence electrons. The van der Waals surface area contributed by atoms with E-state index >= 15 is 0 Å². The van der Waals surface area contributed by atoms with Gasteiger partial charge >= 0.3 is 5.97 Å². The van der Waals surface area contributed by atoms with Crippen LogP contribution in [0.2, 0.25) is 5.02 Å². The quantitative estimate of drug-likeness (QED) is 0.563. The molecule has 1 fully saturated rings. The van der Waals surface area contributed by atoms with Crippen LogP contribution in [0.15, 0.2) is 18.2 Å². The van der Waals surface area contributed by atoms with Crippen molar-refractivity contribution in [3.63, 3.8) is 0 Å². The summed E-state index contributed by atoms with van der Waals surface area (Å²) in [5, 5.41) is 15.6. The van der Waals surface area contributed by atoms with E-state index in [1.165, 1.54) is 0 Å². The number of carboxylic acids is 1. The van der Waals surface area contributed by atoms with Gasteiger partial charge in [0.05, 0.1) is 19.6 Å². The lowest BCUT2D eigenvalue weighted by Gasteiger charge is -2.26. The number of nitrogens with one attached hydrogen (secondary N) is 2. The average molecular weight is 384 g/mol. The SMILES string of the molecule is Cc1c(Cl)cccc1NC(=O)CC(NCCCN1CCOCC1)C(=O)O. The molecule has 8 heteroatoms. The predicted octanol–water partition coefficient (Wildman–Crippen LogP) is 1.74. The van der Waals surface area contributed by atoms with Gasteiger partial charge in [-0.2, -0.15) is 0 Å². The second kappa shape index (κ2) is 10.5. The van der Waals surface area contributed by atoms with Crippen LogP contribution in [0.5, 0.6) is 0 Å². The van der Waals surface area contributed by atoms with Gasteiger partial charge in [0.1, 0.15) is 6.04 Å². The first-order chi connectivity index (χ1) is 12.5. The van der Waals surface area contributed by atoms with Gasteiger partial charge in [0, 0.05) is 23.8 Å². The van der Waals surface area contributed by atoms with Gasteiger partial charge in [0.25, 0.3) is 0 Å². The van der Waals surface area contributed by atoms with Crippen molar-refractivity contribution in [3.05, 3.63) is 28.8 Å². The van der Waals surface area contributed by atoms with E-state index in [4.69, 9.17) is 16.3 Å². The van der Waals surface area contributed by atoms with Crippen molar-refractivity contribution < 1.29 is 19.4 Å². The molecular weight excluding hydrogens is 358 g/mol. The number of anilines is 1.